The molecule has 1 atom stereocenters. The lowest BCUT2D eigenvalue weighted by Crippen LogP contribution is -2.54. The van der Waals surface area contributed by atoms with E-state index in [0.717, 1.165) is 31.9 Å². The standard InChI is InChI=1S/C11H21N3O2S/c1-9(15)13-10(3-8-17-2)11(16)14-6-4-12-5-7-14/h10,12H,3-8H2,1-2H3,(H,13,15). The van der Waals surface area contributed by atoms with E-state index in [-0.39, 0.29) is 17.9 Å². The molecule has 1 saturated heterocycles. The van der Waals surface area contributed by atoms with Crippen LogP contribution in [0.5, 0.6) is 0 Å². The zero-order valence-corrected chi connectivity index (χ0v) is 11.3. The number of rotatable bonds is 5. The van der Waals surface area contributed by atoms with E-state index in [0.29, 0.717) is 6.42 Å². The summed E-state index contributed by atoms with van der Waals surface area (Å²) in [6.07, 6.45) is 2.70. The number of nitrogens with one attached hydrogen (secondary N) is 2. The normalized spacial score (nSPS) is 17.6. The molecule has 1 fully saturated rings. The Hall–Kier alpha value is -0.750. The van der Waals surface area contributed by atoms with Crippen molar-refractivity contribution in [3.63, 3.8) is 0 Å². The first-order valence-corrected chi connectivity index (χ1v) is 7.30. The smallest absolute Gasteiger partial charge is 0.245 e. The van der Waals surface area contributed by atoms with Crippen LogP contribution in [0.2, 0.25) is 0 Å². The third-order valence-corrected chi connectivity index (χ3v) is 3.36. The van der Waals surface area contributed by atoms with Crippen LogP contribution in [0.25, 0.3) is 0 Å². The second-order valence-corrected chi connectivity index (χ2v) is 5.10. The van der Waals surface area contributed by atoms with Crippen LogP contribution in [-0.4, -0.2) is 60.9 Å². The molecular formula is C11H21N3O2S. The van der Waals surface area contributed by atoms with Gasteiger partial charge >= 0.3 is 0 Å². The van der Waals surface area contributed by atoms with Gasteiger partial charge in [0.25, 0.3) is 0 Å². The number of hydrogen-bond donors (Lipinski definition) is 2. The maximum Gasteiger partial charge on any atom is 0.245 e. The minimum atomic E-state index is -0.363. The van der Waals surface area contributed by atoms with Crippen molar-refractivity contribution < 1.29 is 9.59 Å². The van der Waals surface area contributed by atoms with Gasteiger partial charge in [0.05, 0.1) is 0 Å². The van der Waals surface area contributed by atoms with E-state index in [1.165, 1.54) is 6.92 Å². The fraction of sp³-hybridized carbons (Fsp3) is 0.818. The van der Waals surface area contributed by atoms with E-state index in [2.05, 4.69) is 10.6 Å². The Labute approximate surface area is 107 Å². The Morgan fingerprint density at radius 1 is 1.41 bits per heavy atom. The molecule has 0 saturated carbocycles. The highest BCUT2D eigenvalue weighted by atomic mass is 32.2. The molecule has 0 aliphatic carbocycles. The molecule has 0 radical (unpaired) electrons. The van der Waals surface area contributed by atoms with Crippen molar-refractivity contribution in [1.29, 1.82) is 0 Å². The molecule has 6 heteroatoms. The van der Waals surface area contributed by atoms with Gasteiger partial charge in [-0.2, -0.15) is 11.8 Å². The van der Waals surface area contributed by atoms with E-state index >= 15 is 0 Å². The SMILES string of the molecule is CSCCC(NC(C)=O)C(=O)N1CCNCC1. The molecule has 17 heavy (non-hydrogen) atoms. The van der Waals surface area contributed by atoms with Crippen molar-refractivity contribution in [2.45, 2.75) is 19.4 Å². The first kappa shape index (κ1) is 14.3. The third-order valence-electron chi connectivity index (χ3n) is 2.71. The van der Waals surface area contributed by atoms with Crippen LogP contribution < -0.4 is 10.6 Å². The van der Waals surface area contributed by atoms with Crippen LogP contribution in [0.1, 0.15) is 13.3 Å². The maximum absolute atomic E-state index is 12.2. The fourth-order valence-corrected chi connectivity index (χ4v) is 2.32. The Balaban J connectivity index is 2.53. The molecule has 1 aliphatic rings. The quantitative estimate of drug-likeness (QED) is 0.710. The zero-order chi connectivity index (χ0) is 12.7. The van der Waals surface area contributed by atoms with E-state index in [1.54, 1.807) is 11.8 Å². The Bertz CT molecular complexity index is 267. The third kappa shape index (κ3) is 4.95. The van der Waals surface area contributed by atoms with Crippen LogP contribution in [0.3, 0.4) is 0 Å². The summed E-state index contributed by atoms with van der Waals surface area (Å²) in [7, 11) is 0. The summed E-state index contributed by atoms with van der Waals surface area (Å²) in [5.41, 5.74) is 0. The molecule has 1 aliphatic heterocycles. The zero-order valence-electron chi connectivity index (χ0n) is 10.5. The van der Waals surface area contributed by atoms with Crippen LogP contribution in [-0.2, 0) is 9.59 Å². The van der Waals surface area contributed by atoms with E-state index in [4.69, 9.17) is 0 Å². The second-order valence-electron chi connectivity index (χ2n) is 4.11. The van der Waals surface area contributed by atoms with Crippen molar-refractivity contribution >= 4 is 23.6 Å². The van der Waals surface area contributed by atoms with Crippen LogP contribution in [0.4, 0.5) is 0 Å². The molecule has 2 amide bonds. The summed E-state index contributed by atoms with van der Waals surface area (Å²) in [5.74, 6) is 0.790. The number of nitrogens with zero attached hydrogens (tertiary/aromatic N) is 1. The van der Waals surface area contributed by atoms with Crippen molar-refractivity contribution in [2.24, 2.45) is 0 Å². The van der Waals surface area contributed by atoms with Gasteiger partial charge in [-0.25, -0.2) is 0 Å². The Kier molecular flexibility index (Phi) is 6.36. The maximum atomic E-state index is 12.2. The summed E-state index contributed by atoms with van der Waals surface area (Å²) in [5, 5.41) is 5.95. The summed E-state index contributed by atoms with van der Waals surface area (Å²) in [6, 6.07) is -0.363. The van der Waals surface area contributed by atoms with Gasteiger partial charge in [-0.1, -0.05) is 0 Å². The lowest BCUT2D eigenvalue weighted by Gasteiger charge is -2.31. The van der Waals surface area contributed by atoms with E-state index < -0.39 is 0 Å². The topological polar surface area (TPSA) is 61.4 Å². The summed E-state index contributed by atoms with van der Waals surface area (Å²) in [4.78, 5) is 25.1. The van der Waals surface area contributed by atoms with Crippen LogP contribution in [0.15, 0.2) is 0 Å². The molecule has 5 nitrogen and oxygen atoms in total. The molecule has 0 aromatic heterocycles. The van der Waals surface area contributed by atoms with E-state index in [1.807, 2.05) is 11.2 Å². The minimum Gasteiger partial charge on any atom is -0.345 e. The van der Waals surface area contributed by atoms with Crippen molar-refractivity contribution in [2.75, 3.05) is 38.2 Å². The van der Waals surface area contributed by atoms with Gasteiger partial charge in [0, 0.05) is 33.1 Å². The molecule has 1 unspecified atom stereocenters. The van der Waals surface area contributed by atoms with Crippen molar-refractivity contribution in [3.8, 4) is 0 Å². The molecule has 2 N–H and O–H groups in total. The van der Waals surface area contributed by atoms with Gasteiger partial charge < -0.3 is 15.5 Å². The van der Waals surface area contributed by atoms with Crippen molar-refractivity contribution in [3.05, 3.63) is 0 Å². The Morgan fingerprint density at radius 3 is 2.59 bits per heavy atom. The predicted molar refractivity (Wildman–Crippen MR) is 70.1 cm³/mol. The number of carbonyl (C=O) groups excluding carboxylic acids is 2. The van der Waals surface area contributed by atoms with Crippen LogP contribution >= 0.6 is 11.8 Å². The number of hydrogen-bond acceptors (Lipinski definition) is 4. The van der Waals surface area contributed by atoms with E-state index in [9.17, 15) is 9.59 Å². The Morgan fingerprint density at radius 2 is 2.06 bits per heavy atom. The van der Waals surface area contributed by atoms with Gasteiger partial charge in [0.2, 0.25) is 11.8 Å². The number of piperazine rings is 1. The summed E-state index contributed by atoms with van der Waals surface area (Å²) >= 11 is 1.69. The lowest BCUT2D eigenvalue weighted by molar-refractivity contribution is -0.136. The number of amides is 2. The molecule has 0 aromatic carbocycles. The fourth-order valence-electron chi connectivity index (χ4n) is 1.84. The van der Waals surface area contributed by atoms with Gasteiger partial charge in [-0.3, -0.25) is 9.59 Å². The largest absolute Gasteiger partial charge is 0.345 e. The average Bonchev–Trinajstić information content (AvgIpc) is 2.34. The summed E-state index contributed by atoms with van der Waals surface area (Å²) < 4.78 is 0. The molecule has 0 aromatic rings. The predicted octanol–water partition coefficient (Wildman–Crippen LogP) is -0.324. The molecule has 0 spiro atoms. The summed E-state index contributed by atoms with van der Waals surface area (Å²) in [6.45, 7) is 4.58. The molecular weight excluding hydrogens is 238 g/mol. The highest BCUT2D eigenvalue weighted by molar-refractivity contribution is 7.98. The monoisotopic (exact) mass is 259 g/mol. The first-order valence-electron chi connectivity index (χ1n) is 5.90. The number of carbonyl (C=O) groups is 2. The molecule has 98 valence electrons. The number of thioether (sulfide) groups is 1. The average molecular weight is 259 g/mol. The van der Waals surface area contributed by atoms with Gasteiger partial charge in [-0.15, -0.1) is 0 Å². The van der Waals surface area contributed by atoms with Crippen LogP contribution in [0, 0.1) is 0 Å². The minimum absolute atomic E-state index is 0.0516. The first-order chi connectivity index (χ1) is 8.15. The highest BCUT2D eigenvalue weighted by Crippen LogP contribution is 2.05. The molecule has 1 rings (SSSR count). The second kappa shape index (κ2) is 7.55. The highest BCUT2D eigenvalue weighted by Gasteiger charge is 2.25. The van der Waals surface area contributed by atoms with Gasteiger partial charge in [0.1, 0.15) is 6.04 Å². The molecule has 1 heterocycles. The lowest BCUT2D eigenvalue weighted by atomic mass is 10.1. The van der Waals surface area contributed by atoms with Gasteiger partial charge in [0.15, 0.2) is 0 Å². The molecule has 0 bridgehead atoms. The van der Waals surface area contributed by atoms with Crippen molar-refractivity contribution in [1.82, 2.24) is 15.5 Å². The van der Waals surface area contributed by atoms with Gasteiger partial charge in [-0.05, 0) is 18.4 Å².